The first-order valence-electron chi connectivity index (χ1n) is 4.47. The molecule has 0 saturated heterocycles. The summed E-state index contributed by atoms with van der Waals surface area (Å²) in [6.07, 6.45) is 0.764. The predicted octanol–water partition coefficient (Wildman–Crippen LogP) is -0.515. The van der Waals surface area contributed by atoms with Gasteiger partial charge in [0.2, 0.25) is 0 Å². The molecule has 6 nitrogen and oxygen atoms in total. The van der Waals surface area contributed by atoms with Gasteiger partial charge in [-0.1, -0.05) is 6.92 Å². The highest BCUT2D eigenvalue weighted by Crippen LogP contribution is 1.91. The van der Waals surface area contributed by atoms with Crippen molar-refractivity contribution in [3.05, 3.63) is 0 Å². The second-order valence-corrected chi connectivity index (χ2v) is 2.76. The van der Waals surface area contributed by atoms with Gasteiger partial charge in [0.15, 0.2) is 0 Å². The van der Waals surface area contributed by atoms with Crippen LogP contribution in [-0.2, 0) is 4.79 Å². The molecule has 0 heterocycles. The van der Waals surface area contributed by atoms with E-state index in [-0.39, 0.29) is 13.2 Å². The summed E-state index contributed by atoms with van der Waals surface area (Å²) in [6, 6.07) is -0.455. The molecule has 0 radical (unpaired) electrons. The van der Waals surface area contributed by atoms with Crippen molar-refractivity contribution in [1.82, 2.24) is 10.2 Å². The lowest BCUT2D eigenvalue weighted by Gasteiger charge is -2.20. The van der Waals surface area contributed by atoms with E-state index in [0.717, 1.165) is 6.42 Å². The molecular weight excluding hydrogens is 188 g/mol. The van der Waals surface area contributed by atoms with E-state index in [1.807, 2.05) is 6.92 Å². The van der Waals surface area contributed by atoms with Crippen LogP contribution in [0.1, 0.15) is 13.3 Å². The number of nitrogens with zero attached hydrogens (tertiary/aromatic N) is 1. The normalized spacial score (nSPS) is 9.57. The molecule has 0 bridgehead atoms. The van der Waals surface area contributed by atoms with Gasteiger partial charge in [0.05, 0.1) is 6.61 Å². The lowest BCUT2D eigenvalue weighted by molar-refractivity contribution is -0.135. The Balaban J connectivity index is 3.94. The number of aliphatic carboxylic acids is 1. The molecule has 0 aliphatic carbocycles. The number of hydrogen-bond acceptors (Lipinski definition) is 3. The number of rotatable bonds is 6. The van der Waals surface area contributed by atoms with E-state index in [9.17, 15) is 9.59 Å². The van der Waals surface area contributed by atoms with Gasteiger partial charge in [-0.25, -0.2) is 4.79 Å². The Labute approximate surface area is 82.5 Å². The number of aliphatic hydroxyl groups is 1. The van der Waals surface area contributed by atoms with Gasteiger partial charge in [0.1, 0.15) is 6.54 Å². The molecule has 0 aromatic carbocycles. The maximum atomic E-state index is 11.3. The standard InChI is InChI=1S/C8H16N2O4/c1-2-3-10(4-5-11)8(14)9-6-7(12)13/h11H,2-6H2,1H3,(H,9,14)(H,12,13). The summed E-state index contributed by atoms with van der Waals surface area (Å²) in [6.45, 7) is 2.10. The highest BCUT2D eigenvalue weighted by molar-refractivity contribution is 5.79. The molecule has 0 saturated carbocycles. The Morgan fingerprint density at radius 1 is 1.36 bits per heavy atom. The maximum absolute atomic E-state index is 11.3. The van der Waals surface area contributed by atoms with Crippen molar-refractivity contribution in [2.45, 2.75) is 13.3 Å². The lowest BCUT2D eigenvalue weighted by Crippen LogP contribution is -2.43. The number of urea groups is 1. The average molecular weight is 204 g/mol. The fourth-order valence-corrected chi connectivity index (χ4v) is 0.969. The number of aliphatic hydroxyl groups excluding tert-OH is 1. The zero-order valence-electron chi connectivity index (χ0n) is 8.19. The van der Waals surface area contributed by atoms with Crippen LogP contribution in [0.25, 0.3) is 0 Å². The topological polar surface area (TPSA) is 89.9 Å². The van der Waals surface area contributed by atoms with Gasteiger partial charge < -0.3 is 20.4 Å². The zero-order valence-corrected chi connectivity index (χ0v) is 8.19. The van der Waals surface area contributed by atoms with Crippen LogP contribution in [0.4, 0.5) is 4.79 Å². The van der Waals surface area contributed by atoms with Crippen molar-refractivity contribution in [3.63, 3.8) is 0 Å². The molecule has 82 valence electrons. The molecule has 0 spiro atoms. The monoisotopic (exact) mass is 204 g/mol. The van der Waals surface area contributed by atoms with E-state index in [0.29, 0.717) is 6.54 Å². The second kappa shape index (κ2) is 7.14. The van der Waals surface area contributed by atoms with E-state index >= 15 is 0 Å². The van der Waals surface area contributed by atoms with E-state index in [2.05, 4.69) is 5.32 Å². The smallest absolute Gasteiger partial charge is 0.323 e. The Bertz CT molecular complexity index is 190. The number of hydrogen-bond donors (Lipinski definition) is 3. The third-order valence-electron chi connectivity index (χ3n) is 1.54. The van der Waals surface area contributed by atoms with E-state index in [4.69, 9.17) is 10.2 Å². The summed E-state index contributed by atoms with van der Waals surface area (Å²) in [5, 5.41) is 19.2. The summed E-state index contributed by atoms with van der Waals surface area (Å²) < 4.78 is 0. The zero-order chi connectivity index (χ0) is 11.0. The Morgan fingerprint density at radius 2 is 2.00 bits per heavy atom. The number of carbonyl (C=O) groups excluding carboxylic acids is 1. The molecule has 0 rings (SSSR count). The first-order valence-corrected chi connectivity index (χ1v) is 4.47. The van der Waals surface area contributed by atoms with Crippen molar-refractivity contribution in [1.29, 1.82) is 0 Å². The third kappa shape index (κ3) is 5.36. The molecule has 0 atom stereocenters. The van der Waals surface area contributed by atoms with Crippen LogP contribution >= 0.6 is 0 Å². The van der Waals surface area contributed by atoms with Gasteiger partial charge in [-0.3, -0.25) is 4.79 Å². The van der Waals surface area contributed by atoms with Crippen LogP contribution < -0.4 is 5.32 Å². The van der Waals surface area contributed by atoms with Gasteiger partial charge in [-0.05, 0) is 6.42 Å². The molecule has 0 unspecified atom stereocenters. The number of carboxylic acids is 1. The van der Waals surface area contributed by atoms with Crippen LogP contribution in [-0.4, -0.2) is 53.4 Å². The van der Waals surface area contributed by atoms with Gasteiger partial charge >= 0.3 is 12.0 Å². The summed E-state index contributed by atoms with van der Waals surface area (Å²) >= 11 is 0. The number of carboxylic acid groups (broad SMARTS) is 1. The largest absolute Gasteiger partial charge is 0.480 e. The number of nitrogens with one attached hydrogen (secondary N) is 1. The molecule has 14 heavy (non-hydrogen) atoms. The number of carbonyl (C=O) groups is 2. The SMILES string of the molecule is CCCN(CCO)C(=O)NCC(=O)O. The van der Waals surface area contributed by atoms with Crippen molar-refractivity contribution in [2.24, 2.45) is 0 Å². The van der Waals surface area contributed by atoms with Crippen molar-refractivity contribution < 1.29 is 19.8 Å². The third-order valence-corrected chi connectivity index (χ3v) is 1.54. The quantitative estimate of drug-likeness (QED) is 0.543. The Hall–Kier alpha value is -1.30. The molecule has 0 aromatic heterocycles. The van der Waals surface area contributed by atoms with Gasteiger partial charge in [-0.15, -0.1) is 0 Å². The molecule has 0 aliphatic rings. The van der Waals surface area contributed by atoms with Gasteiger partial charge in [0, 0.05) is 13.1 Å². The summed E-state index contributed by atoms with van der Waals surface area (Å²) in [5.74, 6) is -1.08. The van der Waals surface area contributed by atoms with E-state index in [1.54, 1.807) is 0 Å². The molecule has 0 fully saturated rings. The van der Waals surface area contributed by atoms with Crippen molar-refractivity contribution >= 4 is 12.0 Å². The lowest BCUT2D eigenvalue weighted by atomic mass is 10.4. The van der Waals surface area contributed by atoms with Gasteiger partial charge in [0.25, 0.3) is 0 Å². The molecule has 0 aromatic rings. The molecular formula is C8H16N2O4. The van der Waals surface area contributed by atoms with Crippen molar-refractivity contribution in [2.75, 3.05) is 26.2 Å². The summed E-state index contributed by atoms with van der Waals surface area (Å²) in [5.41, 5.74) is 0. The molecule has 3 N–H and O–H groups in total. The first-order chi connectivity index (χ1) is 6.61. The first kappa shape index (κ1) is 12.7. The predicted molar refractivity (Wildman–Crippen MR) is 50.0 cm³/mol. The minimum absolute atomic E-state index is 0.125. The van der Waals surface area contributed by atoms with Crippen LogP contribution in [0.2, 0.25) is 0 Å². The van der Waals surface area contributed by atoms with Crippen LogP contribution in [0.15, 0.2) is 0 Å². The van der Waals surface area contributed by atoms with Crippen LogP contribution in [0.3, 0.4) is 0 Å². The maximum Gasteiger partial charge on any atom is 0.323 e. The summed E-state index contributed by atoms with van der Waals surface area (Å²) in [4.78, 5) is 22.8. The van der Waals surface area contributed by atoms with Crippen LogP contribution in [0.5, 0.6) is 0 Å². The fraction of sp³-hybridized carbons (Fsp3) is 0.750. The Kier molecular flexibility index (Phi) is 6.47. The average Bonchev–Trinajstić information content (AvgIpc) is 2.14. The van der Waals surface area contributed by atoms with Gasteiger partial charge in [-0.2, -0.15) is 0 Å². The fourth-order valence-electron chi connectivity index (χ4n) is 0.969. The van der Waals surface area contributed by atoms with E-state index in [1.165, 1.54) is 4.90 Å². The van der Waals surface area contributed by atoms with Crippen LogP contribution in [0, 0.1) is 0 Å². The molecule has 0 aliphatic heterocycles. The minimum atomic E-state index is -1.08. The summed E-state index contributed by atoms with van der Waals surface area (Å²) in [7, 11) is 0. The van der Waals surface area contributed by atoms with E-state index < -0.39 is 18.5 Å². The minimum Gasteiger partial charge on any atom is -0.480 e. The Morgan fingerprint density at radius 3 is 2.43 bits per heavy atom. The highest BCUT2D eigenvalue weighted by Gasteiger charge is 2.11. The van der Waals surface area contributed by atoms with Crippen molar-refractivity contribution in [3.8, 4) is 0 Å². The molecule has 6 heteroatoms. The second-order valence-electron chi connectivity index (χ2n) is 2.76. The number of amides is 2. The molecule has 2 amide bonds. The highest BCUT2D eigenvalue weighted by atomic mass is 16.4.